The van der Waals surface area contributed by atoms with E-state index in [0.29, 0.717) is 0 Å². The van der Waals surface area contributed by atoms with Crippen LogP contribution in [0.4, 0.5) is 8.78 Å². The first kappa shape index (κ1) is 9.73. The smallest absolute Gasteiger partial charge is 0.209 e. The van der Waals surface area contributed by atoms with Gasteiger partial charge in [0.15, 0.2) is 17.3 Å². The maximum Gasteiger partial charge on any atom is 0.209 e. The highest BCUT2D eigenvalue weighted by molar-refractivity contribution is 5.41. The molecule has 5 heteroatoms. The third-order valence-electron chi connectivity index (χ3n) is 1.66. The summed E-state index contributed by atoms with van der Waals surface area (Å²) >= 11 is 0. The molecule has 0 aliphatic rings. The zero-order valence-electron chi connectivity index (χ0n) is 6.97. The maximum atomic E-state index is 13.0. The topological polar surface area (TPSA) is 55.5 Å². The number of halogens is 2. The van der Waals surface area contributed by atoms with E-state index in [1.807, 2.05) is 0 Å². The van der Waals surface area contributed by atoms with Crippen LogP contribution in [0.25, 0.3) is 0 Å². The zero-order chi connectivity index (χ0) is 10.0. The predicted octanol–water partition coefficient (Wildman–Crippen LogP) is 1.14. The van der Waals surface area contributed by atoms with E-state index in [1.54, 1.807) is 0 Å². The van der Waals surface area contributed by atoms with Crippen LogP contribution in [-0.4, -0.2) is 12.2 Å². The van der Waals surface area contributed by atoms with E-state index < -0.39 is 17.4 Å². The van der Waals surface area contributed by atoms with Crippen LogP contribution in [0, 0.1) is 11.6 Å². The molecule has 3 N–H and O–H groups in total. The Morgan fingerprint density at radius 1 is 1.46 bits per heavy atom. The second-order valence-electron chi connectivity index (χ2n) is 2.42. The molecule has 0 spiro atoms. The van der Waals surface area contributed by atoms with Crippen LogP contribution in [0.15, 0.2) is 6.07 Å². The summed E-state index contributed by atoms with van der Waals surface area (Å²) < 4.78 is 30.4. The minimum absolute atomic E-state index is 0.00995. The molecule has 72 valence electrons. The number of rotatable bonds is 2. The number of phenolic OH excluding ortho intramolecular Hbond substituents is 1. The summed E-state index contributed by atoms with van der Waals surface area (Å²) in [5.41, 5.74) is 5.17. The summed E-state index contributed by atoms with van der Waals surface area (Å²) in [5, 5.41) is 8.94. The fourth-order valence-electron chi connectivity index (χ4n) is 0.947. The molecule has 0 aliphatic carbocycles. The first-order valence-electron chi connectivity index (χ1n) is 3.55. The van der Waals surface area contributed by atoms with Crippen molar-refractivity contribution in [2.45, 2.75) is 6.54 Å². The summed E-state index contributed by atoms with van der Waals surface area (Å²) in [4.78, 5) is 0. The summed E-state index contributed by atoms with van der Waals surface area (Å²) in [5.74, 6) is -3.43. The molecule has 0 radical (unpaired) electrons. The summed E-state index contributed by atoms with van der Waals surface area (Å²) in [7, 11) is 1.22. The van der Waals surface area contributed by atoms with Gasteiger partial charge in [-0.25, -0.2) is 4.39 Å². The minimum atomic E-state index is -1.11. The van der Waals surface area contributed by atoms with Crippen molar-refractivity contribution >= 4 is 0 Å². The fraction of sp³-hybridized carbons (Fsp3) is 0.250. The highest BCUT2D eigenvalue weighted by atomic mass is 19.1. The van der Waals surface area contributed by atoms with Gasteiger partial charge in [0.05, 0.1) is 7.11 Å². The maximum absolute atomic E-state index is 13.0. The van der Waals surface area contributed by atoms with Crippen molar-refractivity contribution in [2.75, 3.05) is 7.11 Å². The molecular weight excluding hydrogens is 180 g/mol. The van der Waals surface area contributed by atoms with Gasteiger partial charge in [0.25, 0.3) is 0 Å². The highest BCUT2D eigenvalue weighted by Gasteiger charge is 2.17. The average molecular weight is 189 g/mol. The van der Waals surface area contributed by atoms with Crippen LogP contribution in [0.3, 0.4) is 0 Å². The Bertz CT molecular complexity index is 300. The highest BCUT2D eigenvalue weighted by Crippen LogP contribution is 2.30. The Labute approximate surface area is 73.7 Å². The number of methoxy groups -OCH3 is 1. The largest absolute Gasteiger partial charge is 0.503 e. The summed E-state index contributed by atoms with van der Waals surface area (Å²) in [6, 6.07) is 1.12. The van der Waals surface area contributed by atoms with E-state index in [9.17, 15) is 8.78 Å². The molecule has 0 heterocycles. The van der Waals surface area contributed by atoms with Crippen molar-refractivity contribution in [1.82, 2.24) is 0 Å². The third kappa shape index (κ3) is 1.55. The van der Waals surface area contributed by atoms with Gasteiger partial charge >= 0.3 is 0 Å². The van der Waals surface area contributed by atoms with Gasteiger partial charge in [-0.3, -0.25) is 0 Å². The van der Waals surface area contributed by atoms with Crippen LogP contribution in [-0.2, 0) is 6.54 Å². The van der Waals surface area contributed by atoms with Gasteiger partial charge in [-0.2, -0.15) is 4.39 Å². The van der Waals surface area contributed by atoms with E-state index in [2.05, 4.69) is 4.74 Å². The summed E-state index contributed by atoms with van der Waals surface area (Å²) in [6.45, 7) is -0.129. The van der Waals surface area contributed by atoms with Crippen molar-refractivity contribution < 1.29 is 18.6 Å². The van der Waals surface area contributed by atoms with Crippen molar-refractivity contribution in [1.29, 1.82) is 0 Å². The van der Waals surface area contributed by atoms with Gasteiger partial charge < -0.3 is 15.6 Å². The normalized spacial score (nSPS) is 10.2. The molecule has 0 aliphatic heterocycles. The number of ether oxygens (including phenoxy) is 1. The molecule has 0 atom stereocenters. The van der Waals surface area contributed by atoms with Crippen LogP contribution in [0.1, 0.15) is 5.56 Å². The second kappa shape index (κ2) is 3.57. The minimum Gasteiger partial charge on any atom is -0.503 e. The van der Waals surface area contributed by atoms with Crippen LogP contribution in [0.5, 0.6) is 11.5 Å². The molecule has 0 unspecified atom stereocenters. The number of hydrogen-bond donors (Lipinski definition) is 2. The average Bonchev–Trinajstić information content (AvgIpc) is 2.15. The van der Waals surface area contributed by atoms with Gasteiger partial charge in [0, 0.05) is 12.1 Å². The van der Waals surface area contributed by atoms with Crippen molar-refractivity contribution in [2.24, 2.45) is 5.73 Å². The monoisotopic (exact) mass is 189 g/mol. The van der Waals surface area contributed by atoms with E-state index in [-0.39, 0.29) is 17.9 Å². The molecule has 1 aromatic rings. The molecular formula is C8H9F2NO2. The van der Waals surface area contributed by atoms with Gasteiger partial charge in [-0.15, -0.1) is 0 Å². The van der Waals surface area contributed by atoms with Crippen molar-refractivity contribution in [3.63, 3.8) is 0 Å². The zero-order valence-corrected chi connectivity index (χ0v) is 6.97. The van der Waals surface area contributed by atoms with Crippen LogP contribution in [0.2, 0.25) is 0 Å². The molecule has 0 bridgehead atoms. The first-order valence-corrected chi connectivity index (χ1v) is 3.55. The van der Waals surface area contributed by atoms with Gasteiger partial charge in [-0.05, 0) is 6.07 Å². The second-order valence-corrected chi connectivity index (χ2v) is 2.42. The molecule has 13 heavy (non-hydrogen) atoms. The number of nitrogens with two attached hydrogens (primary N) is 1. The Morgan fingerprint density at radius 3 is 2.54 bits per heavy atom. The fourth-order valence-corrected chi connectivity index (χ4v) is 0.947. The summed E-state index contributed by atoms with van der Waals surface area (Å²) in [6.07, 6.45) is 0. The third-order valence-corrected chi connectivity index (χ3v) is 1.66. The van der Waals surface area contributed by atoms with E-state index in [1.165, 1.54) is 7.11 Å². The number of hydrogen-bond acceptors (Lipinski definition) is 3. The van der Waals surface area contributed by atoms with Gasteiger partial charge in [-0.1, -0.05) is 0 Å². The quantitative estimate of drug-likeness (QED) is 0.733. The van der Waals surface area contributed by atoms with Gasteiger partial charge in [0.1, 0.15) is 0 Å². The lowest BCUT2D eigenvalue weighted by Crippen LogP contribution is -2.02. The Balaban J connectivity index is 3.36. The molecule has 0 saturated carbocycles. The van der Waals surface area contributed by atoms with Crippen molar-refractivity contribution in [3.05, 3.63) is 23.3 Å². The van der Waals surface area contributed by atoms with Gasteiger partial charge in [0.2, 0.25) is 5.82 Å². The Kier molecular flexibility index (Phi) is 2.67. The number of phenols is 1. The molecule has 0 aromatic heterocycles. The SMILES string of the molecule is COc1cc(CN)c(F)c(O)c1F. The van der Waals surface area contributed by atoms with E-state index in [4.69, 9.17) is 10.8 Å². The molecule has 0 saturated heterocycles. The standard InChI is InChI=1S/C8H9F2NO2/c1-13-5-2-4(3-11)6(9)8(12)7(5)10/h2,12H,3,11H2,1H3. The molecule has 1 rings (SSSR count). The number of aromatic hydroxyl groups is 1. The van der Waals surface area contributed by atoms with E-state index in [0.717, 1.165) is 6.07 Å². The lowest BCUT2D eigenvalue weighted by atomic mass is 10.2. The predicted molar refractivity (Wildman–Crippen MR) is 42.5 cm³/mol. The lowest BCUT2D eigenvalue weighted by molar-refractivity contribution is 0.348. The lowest BCUT2D eigenvalue weighted by Gasteiger charge is -2.07. The Hall–Kier alpha value is -1.36. The number of benzene rings is 1. The van der Waals surface area contributed by atoms with Crippen LogP contribution >= 0.6 is 0 Å². The molecule has 1 aromatic carbocycles. The van der Waals surface area contributed by atoms with Crippen molar-refractivity contribution in [3.8, 4) is 11.5 Å². The van der Waals surface area contributed by atoms with Crippen LogP contribution < -0.4 is 10.5 Å². The van der Waals surface area contributed by atoms with E-state index >= 15 is 0 Å². The molecule has 3 nitrogen and oxygen atoms in total. The Morgan fingerprint density at radius 2 is 2.08 bits per heavy atom. The molecule has 0 fully saturated rings. The first-order chi connectivity index (χ1) is 6.11. The molecule has 0 amide bonds.